The zero-order chi connectivity index (χ0) is 8.69. The van der Waals surface area contributed by atoms with Gasteiger partial charge in [0.25, 0.3) is 0 Å². The first-order valence-electron chi connectivity index (χ1n) is 4.24. The van der Waals surface area contributed by atoms with Crippen molar-refractivity contribution < 1.29 is 5.11 Å². The molecular weight excluding hydrogens is 138 g/mol. The highest BCUT2D eigenvalue weighted by atomic mass is 16.3. The van der Waals surface area contributed by atoms with Gasteiger partial charge in [-0.1, -0.05) is 26.7 Å². The Morgan fingerprint density at radius 3 is 2.27 bits per heavy atom. The molecule has 0 saturated heterocycles. The van der Waals surface area contributed by atoms with Crippen LogP contribution in [0, 0.1) is 17.2 Å². The molecule has 0 bridgehead atoms. The summed E-state index contributed by atoms with van der Waals surface area (Å²) in [4.78, 5) is 0. The fourth-order valence-electron chi connectivity index (χ4n) is 0.955. The summed E-state index contributed by atoms with van der Waals surface area (Å²) in [7, 11) is 0. The summed E-state index contributed by atoms with van der Waals surface area (Å²) in [6, 6.07) is 1.81. The van der Waals surface area contributed by atoms with Crippen LogP contribution in [0.3, 0.4) is 0 Å². The third-order valence-electron chi connectivity index (χ3n) is 1.66. The average Bonchev–Trinajstić information content (AvgIpc) is 1.97. The maximum atomic E-state index is 8.86. The van der Waals surface area contributed by atoms with E-state index in [9.17, 15) is 0 Å². The van der Waals surface area contributed by atoms with Crippen LogP contribution in [0.1, 0.15) is 39.5 Å². The molecule has 0 fully saturated rings. The Balaban J connectivity index is 3.10. The van der Waals surface area contributed by atoms with Crippen LogP contribution in [0.15, 0.2) is 0 Å². The Labute approximate surface area is 68.8 Å². The van der Waals surface area contributed by atoms with E-state index in [0.717, 1.165) is 18.8 Å². The number of aliphatic hydroxyl groups is 1. The molecular formula is C9H17NO. The Morgan fingerprint density at radius 1 is 1.27 bits per heavy atom. The van der Waals surface area contributed by atoms with Crippen LogP contribution in [0.25, 0.3) is 0 Å². The number of nitrogens with zero attached hydrogens (tertiary/aromatic N) is 1. The number of rotatable bonds is 5. The minimum absolute atomic E-state index is 0.628. The lowest BCUT2D eigenvalue weighted by Crippen LogP contribution is -2.01. The first-order chi connectivity index (χ1) is 5.16. The highest BCUT2D eigenvalue weighted by Gasteiger charge is 2.00. The van der Waals surface area contributed by atoms with Crippen LogP contribution < -0.4 is 0 Å². The van der Waals surface area contributed by atoms with Crippen molar-refractivity contribution in [3.05, 3.63) is 0 Å². The zero-order valence-corrected chi connectivity index (χ0v) is 7.38. The fraction of sp³-hybridized carbons (Fsp3) is 0.889. The summed E-state index contributed by atoms with van der Waals surface area (Å²) in [6.07, 6.45) is 3.16. The molecule has 1 N–H and O–H groups in total. The number of hydrogen-bond donors (Lipinski definition) is 1. The monoisotopic (exact) mass is 155 g/mol. The molecule has 0 aliphatic rings. The average molecular weight is 155 g/mol. The van der Waals surface area contributed by atoms with Crippen molar-refractivity contribution in [2.45, 2.75) is 45.6 Å². The molecule has 0 saturated carbocycles. The first-order valence-corrected chi connectivity index (χ1v) is 4.24. The van der Waals surface area contributed by atoms with Gasteiger partial charge in [-0.3, -0.25) is 0 Å². The SMILES string of the molecule is CC(C)CCCCC(O)C#N. The van der Waals surface area contributed by atoms with Crippen LogP contribution in [0.4, 0.5) is 0 Å². The predicted molar refractivity (Wildman–Crippen MR) is 44.9 cm³/mol. The summed E-state index contributed by atoms with van der Waals surface area (Å²) in [5.41, 5.74) is 0. The van der Waals surface area contributed by atoms with Gasteiger partial charge in [0, 0.05) is 0 Å². The van der Waals surface area contributed by atoms with Gasteiger partial charge in [0.15, 0.2) is 0 Å². The largest absolute Gasteiger partial charge is 0.378 e. The van der Waals surface area contributed by atoms with Crippen molar-refractivity contribution in [1.82, 2.24) is 0 Å². The second-order valence-electron chi connectivity index (χ2n) is 3.32. The van der Waals surface area contributed by atoms with E-state index in [1.165, 1.54) is 6.42 Å². The normalized spacial score (nSPS) is 13.0. The van der Waals surface area contributed by atoms with E-state index in [-0.39, 0.29) is 0 Å². The Kier molecular flexibility index (Phi) is 5.87. The minimum atomic E-state index is -0.748. The quantitative estimate of drug-likeness (QED) is 0.488. The van der Waals surface area contributed by atoms with Gasteiger partial charge >= 0.3 is 0 Å². The molecule has 0 radical (unpaired) electrons. The number of hydrogen-bond acceptors (Lipinski definition) is 2. The molecule has 0 aromatic carbocycles. The molecule has 2 heteroatoms. The van der Waals surface area contributed by atoms with Crippen molar-refractivity contribution in [2.75, 3.05) is 0 Å². The van der Waals surface area contributed by atoms with Crippen molar-refractivity contribution in [3.63, 3.8) is 0 Å². The smallest absolute Gasteiger partial charge is 0.140 e. The standard InChI is InChI=1S/C9H17NO/c1-8(2)5-3-4-6-9(11)7-10/h8-9,11H,3-6H2,1-2H3. The van der Waals surface area contributed by atoms with E-state index < -0.39 is 6.10 Å². The number of aliphatic hydroxyl groups excluding tert-OH is 1. The van der Waals surface area contributed by atoms with Crippen LogP contribution >= 0.6 is 0 Å². The minimum Gasteiger partial charge on any atom is -0.378 e. The first kappa shape index (κ1) is 10.4. The third kappa shape index (κ3) is 7.35. The van der Waals surface area contributed by atoms with Gasteiger partial charge in [-0.25, -0.2) is 0 Å². The maximum Gasteiger partial charge on any atom is 0.140 e. The van der Waals surface area contributed by atoms with E-state index in [0.29, 0.717) is 6.42 Å². The molecule has 0 aliphatic heterocycles. The Hall–Kier alpha value is -0.550. The van der Waals surface area contributed by atoms with E-state index >= 15 is 0 Å². The van der Waals surface area contributed by atoms with Gasteiger partial charge < -0.3 is 5.11 Å². The van der Waals surface area contributed by atoms with Gasteiger partial charge in [0.2, 0.25) is 0 Å². The summed E-state index contributed by atoms with van der Waals surface area (Å²) in [6.45, 7) is 4.36. The van der Waals surface area contributed by atoms with Crippen LogP contribution in [-0.2, 0) is 0 Å². The number of unbranched alkanes of at least 4 members (excludes halogenated alkanes) is 1. The third-order valence-corrected chi connectivity index (χ3v) is 1.66. The van der Waals surface area contributed by atoms with E-state index in [2.05, 4.69) is 13.8 Å². The molecule has 1 atom stereocenters. The molecule has 0 aliphatic carbocycles. The van der Waals surface area contributed by atoms with E-state index in [1.807, 2.05) is 6.07 Å². The molecule has 0 spiro atoms. The van der Waals surface area contributed by atoms with Crippen LogP contribution in [-0.4, -0.2) is 11.2 Å². The van der Waals surface area contributed by atoms with Crippen molar-refractivity contribution >= 4 is 0 Å². The van der Waals surface area contributed by atoms with E-state index in [1.54, 1.807) is 0 Å². The van der Waals surface area contributed by atoms with Gasteiger partial charge in [-0.05, 0) is 18.8 Å². The predicted octanol–water partition coefficient (Wildman–Crippen LogP) is 2.09. The lowest BCUT2D eigenvalue weighted by molar-refractivity contribution is 0.214. The highest BCUT2D eigenvalue weighted by molar-refractivity contribution is 4.81. The molecule has 0 rings (SSSR count). The topological polar surface area (TPSA) is 44.0 Å². The molecule has 2 nitrogen and oxygen atoms in total. The van der Waals surface area contributed by atoms with Gasteiger partial charge in [-0.15, -0.1) is 0 Å². The molecule has 11 heavy (non-hydrogen) atoms. The van der Waals surface area contributed by atoms with Gasteiger partial charge in [-0.2, -0.15) is 5.26 Å². The van der Waals surface area contributed by atoms with Gasteiger partial charge in [0.1, 0.15) is 6.10 Å². The molecule has 1 unspecified atom stereocenters. The zero-order valence-electron chi connectivity index (χ0n) is 7.38. The van der Waals surface area contributed by atoms with Crippen molar-refractivity contribution in [3.8, 4) is 6.07 Å². The van der Waals surface area contributed by atoms with Crippen LogP contribution in [0.5, 0.6) is 0 Å². The molecule has 64 valence electrons. The second kappa shape index (κ2) is 6.18. The Bertz CT molecular complexity index is 126. The van der Waals surface area contributed by atoms with Gasteiger partial charge in [0.05, 0.1) is 6.07 Å². The fourth-order valence-corrected chi connectivity index (χ4v) is 0.955. The summed E-state index contributed by atoms with van der Waals surface area (Å²) >= 11 is 0. The number of nitriles is 1. The molecule has 0 heterocycles. The summed E-state index contributed by atoms with van der Waals surface area (Å²) in [5.74, 6) is 0.731. The lowest BCUT2D eigenvalue weighted by Gasteiger charge is -2.04. The van der Waals surface area contributed by atoms with Crippen LogP contribution in [0.2, 0.25) is 0 Å². The second-order valence-corrected chi connectivity index (χ2v) is 3.32. The highest BCUT2D eigenvalue weighted by Crippen LogP contribution is 2.09. The molecule has 0 amide bonds. The summed E-state index contributed by atoms with van der Waals surface area (Å²) in [5, 5.41) is 17.1. The van der Waals surface area contributed by atoms with E-state index in [4.69, 9.17) is 10.4 Å². The molecule has 0 aromatic rings. The Morgan fingerprint density at radius 2 is 1.82 bits per heavy atom. The van der Waals surface area contributed by atoms with Crippen molar-refractivity contribution in [2.24, 2.45) is 5.92 Å². The molecule has 0 aromatic heterocycles. The lowest BCUT2D eigenvalue weighted by atomic mass is 10.0. The summed E-state index contributed by atoms with van der Waals surface area (Å²) < 4.78 is 0. The van der Waals surface area contributed by atoms with Crippen molar-refractivity contribution in [1.29, 1.82) is 5.26 Å². The maximum absolute atomic E-state index is 8.86.